The maximum Gasteiger partial charge on any atom is 0.339 e. The van der Waals surface area contributed by atoms with Crippen LogP contribution in [0.1, 0.15) is 22.3 Å². The summed E-state index contributed by atoms with van der Waals surface area (Å²) in [6.45, 7) is 2.42. The Kier molecular flexibility index (Phi) is 5.74. The van der Waals surface area contributed by atoms with Gasteiger partial charge in [0.1, 0.15) is 0 Å². The van der Waals surface area contributed by atoms with Crippen LogP contribution in [0.25, 0.3) is 0 Å². The van der Waals surface area contributed by atoms with E-state index in [0.717, 1.165) is 11.3 Å². The number of carbonyl (C=O) groups is 2. The van der Waals surface area contributed by atoms with Crippen molar-refractivity contribution in [3.8, 4) is 0 Å². The summed E-state index contributed by atoms with van der Waals surface area (Å²) in [7, 11) is 1.34. The molecule has 0 aliphatic rings. The summed E-state index contributed by atoms with van der Waals surface area (Å²) < 4.78 is 4.73. The first-order valence-electron chi connectivity index (χ1n) is 7.38. The summed E-state index contributed by atoms with van der Waals surface area (Å²) >= 11 is 0. The first kappa shape index (κ1) is 16.5. The SMILES string of the molecule is COC(=O)c1ccccc1NCCC(=O)Nc1ccc(C)cc1. The smallest absolute Gasteiger partial charge is 0.339 e. The second-order valence-electron chi connectivity index (χ2n) is 5.13. The van der Waals surface area contributed by atoms with E-state index in [4.69, 9.17) is 4.74 Å². The van der Waals surface area contributed by atoms with E-state index in [2.05, 4.69) is 10.6 Å². The van der Waals surface area contributed by atoms with Crippen LogP contribution in [0, 0.1) is 6.92 Å². The highest BCUT2D eigenvalue weighted by molar-refractivity contribution is 5.95. The topological polar surface area (TPSA) is 67.4 Å². The molecule has 2 rings (SSSR count). The van der Waals surface area contributed by atoms with E-state index in [1.807, 2.05) is 37.3 Å². The molecule has 0 saturated heterocycles. The van der Waals surface area contributed by atoms with Gasteiger partial charge >= 0.3 is 5.97 Å². The second kappa shape index (κ2) is 7.98. The number of carbonyl (C=O) groups excluding carboxylic acids is 2. The van der Waals surface area contributed by atoms with Gasteiger partial charge in [0.25, 0.3) is 0 Å². The number of methoxy groups -OCH3 is 1. The van der Waals surface area contributed by atoms with Crippen molar-refractivity contribution in [2.24, 2.45) is 0 Å². The van der Waals surface area contributed by atoms with Gasteiger partial charge in [-0.2, -0.15) is 0 Å². The Labute approximate surface area is 135 Å². The van der Waals surface area contributed by atoms with Gasteiger partial charge in [0.05, 0.1) is 12.7 Å². The van der Waals surface area contributed by atoms with Crippen molar-refractivity contribution in [1.29, 1.82) is 0 Å². The average molecular weight is 312 g/mol. The molecule has 0 radical (unpaired) electrons. The molecule has 2 aromatic carbocycles. The van der Waals surface area contributed by atoms with Crippen molar-refractivity contribution in [3.63, 3.8) is 0 Å². The fraction of sp³-hybridized carbons (Fsp3) is 0.222. The van der Waals surface area contributed by atoms with Gasteiger partial charge in [0.2, 0.25) is 5.91 Å². The molecule has 0 bridgehead atoms. The van der Waals surface area contributed by atoms with Crippen LogP contribution >= 0.6 is 0 Å². The van der Waals surface area contributed by atoms with E-state index in [-0.39, 0.29) is 5.91 Å². The molecule has 0 aromatic heterocycles. The molecule has 0 aliphatic heterocycles. The van der Waals surface area contributed by atoms with Crippen LogP contribution in [0.2, 0.25) is 0 Å². The van der Waals surface area contributed by atoms with Gasteiger partial charge in [-0.05, 0) is 31.2 Å². The molecule has 1 amide bonds. The van der Waals surface area contributed by atoms with Crippen LogP contribution in [-0.2, 0) is 9.53 Å². The predicted octanol–water partition coefficient (Wildman–Crippen LogP) is 3.22. The lowest BCUT2D eigenvalue weighted by atomic mass is 10.1. The van der Waals surface area contributed by atoms with Crippen LogP contribution < -0.4 is 10.6 Å². The van der Waals surface area contributed by atoms with Gasteiger partial charge in [-0.25, -0.2) is 4.79 Å². The van der Waals surface area contributed by atoms with Crippen LogP contribution in [-0.4, -0.2) is 25.5 Å². The summed E-state index contributed by atoms with van der Waals surface area (Å²) in [4.78, 5) is 23.6. The number of esters is 1. The van der Waals surface area contributed by atoms with Crippen LogP contribution in [0.5, 0.6) is 0 Å². The number of benzene rings is 2. The lowest BCUT2D eigenvalue weighted by Gasteiger charge is -2.11. The number of nitrogens with one attached hydrogen (secondary N) is 2. The highest BCUT2D eigenvalue weighted by atomic mass is 16.5. The standard InChI is InChI=1S/C18H20N2O3/c1-13-7-9-14(10-8-13)20-17(21)11-12-19-16-6-4-3-5-15(16)18(22)23-2/h3-10,19H,11-12H2,1-2H3,(H,20,21). The Morgan fingerprint density at radius 2 is 1.74 bits per heavy atom. The van der Waals surface area contributed by atoms with Gasteiger partial charge in [0, 0.05) is 24.3 Å². The predicted molar refractivity (Wildman–Crippen MR) is 90.7 cm³/mol. The monoisotopic (exact) mass is 312 g/mol. The third-order valence-electron chi connectivity index (χ3n) is 3.34. The normalized spacial score (nSPS) is 10.0. The number of amides is 1. The zero-order valence-corrected chi connectivity index (χ0v) is 13.3. The number of aryl methyl sites for hydroxylation is 1. The molecule has 0 heterocycles. The molecule has 0 aliphatic carbocycles. The van der Waals surface area contributed by atoms with Gasteiger partial charge < -0.3 is 15.4 Å². The lowest BCUT2D eigenvalue weighted by Crippen LogP contribution is -2.17. The molecule has 23 heavy (non-hydrogen) atoms. The Morgan fingerprint density at radius 1 is 1.04 bits per heavy atom. The molecule has 0 saturated carbocycles. The van der Waals surface area contributed by atoms with Crippen LogP contribution in [0.4, 0.5) is 11.4 Å². The number of rotatable bonds is 6. The Hall–Kier alpha value is -2.82. The molecule has 0 unspecified atom stereocenters. The number of hydrogen-bond acceptors (Lipinski definition) is 4. The van der Waals surface area contributed by atoms with Crippen molar-refractivity contribution in [1.82, 2.24) is 0 Å². The van der Waals surface area contributed by atoms with Crippen molar-refractivity contribution in [2.75, 3.05) is 24.3 Å². The highest BCUT2D eigenvalue weighted by Crippen LogP contribution is 2.16. The summed E-state index contributed by atoms with van der Waals surface area (Å²) in [5.74, 6) is -0.492. The third-order valence-corrected chi connectivity index (χ3v) is 3.34. The van der Waals surface area contributed by atoms with Gasteiger partial charge in [0.15, 0.2) is 0 Å². The van der Waals surface area contributed by atoms with Crippen molar-refractivity contribution < 1.29 is 14.3 Å². The second-order valence-corrected chi connectivity index (χ2v) is 5.13. The minimum atomic E-state index is -0.405. The largest absolute Gasteiger partial charge is 0.465 e. The summed E-state index contributed by atoms with van der Waals surface area (Å²) in [6.07, 6.45) is 0.295. The van der Waals surface area contributed by atoms with Crippen molar-refractivity contribution >= 4 is 23.3 Å². The van der Waals surface area contributed by atoms with E-state index in [1.165, 1.54) is 7.11 Å². The summed E-state index contributed by atoms with van der Waals surface area (Å²) in [6, 6.07) is 14.7. The fourth-order valence-corrected chi connectivity index (χ4v) is 2.10. The zero-order chi connectivity index (χ0) is 16.7. The first-order chi connectivity index (χ1) is 11.1. The van der Waals surface area contributed by atoms with E-state index >= 15 is 0 Å². The van der Waals surface area contributed by atoms with Crippen LogP contribution in [0.15, 0.2) is 48.5 Å². The van der Waals surface area contributed by atoms with Gasteiger partial charge in [-0.15, -0.1) is 0 Å². The Morgan fingerprint density at radius 3 is 2.43 bits per heavy atom. The van der Waals surface area contributed by atoms with Gasteiger partial charge in [-0.1, -0.05) is 29.8 Å². The van der Waals surface area contributed by atoms with Crippen molar-refractivity contribution in [2.45, 2.75) is 13.3 Å². The van der Waals surface area contributed by atoms with E-state index < -0.39 is 5.97 Å². The van der Waals surface area contributed by atoms with E-state index in [0.29, 0.717) is 24.2 Å². The Bertz CT molecular complexity index is 681. The molecule has 0 fully saturated rings. The molecule has 2 N–H and O–H groups in total. The number of anilines is 2. The van der Waals surface area contributed by atoms with Crippen LogP contribution in [0.3, 0.4) is 0 Å². The molecule has 0 atom stereocenters. The van der Waals surface area contributed by atoms with Gasteiger partial charge in [-0.3, -0.25) is 4.79 Å². The number of ether oxygens (including phenoxy) is 1. The molecule has 120 valence electrons. The maximum atomic E-state index is 11.9. The van der Waals surface area contributed by atoms with Crippen molar-refractivity contribution in [3.05, 3.63) is 59.7 Å². The fourth-order valence-electron chi connectivity index (χ4n) is 2.10. The molecule has 0 spiro atoms. The molecular formula is C18H20N2O3. The number of hydrogen-bond donors (Lipinski definition) is 2. The maximum absolute atomic E-state index is 11.9. The average Bonchev–Trinajstić information content (AvgIpc) is 2.57. The van der Waals surface area contributed by atoms with E-state index in [1.54, 1.807) is 18.2 Å². The lowest BCUT2D eigenvalue weighted by molar-refractivity contribution is -0.115. The minimum Gasteiger partial charge on any atom is -0.465 e. The quantitative estimate of drug-likeness (QED) is 0.804. The Balaban J connectivity index is 1.86. The summed E-state index contributed by atoms with van der Waals surface area (Å²) in [5, 5.41) is 5.93. The highest BCUT2D eigenvalue weighted by Gasteiger charge is 2.10. The summed E-state index contributed by atoms with van der Waals surface area (Å²) in [5.41, 5.74) is 3.02. The first-order valence-corrected chi connectivity index (χ1v) is 7.38. The molecule has 5 nitrogen and oxygen atoms in total. The number of para-hydroxylation sites is 1. The minimum absolute atomic E-state index is 0.0862. The third kappa shape index (κ3) is 4.85. The zero-order valence-electron chi connectivity index (χ0n) is 13.3. The molecular weight excluding hydrogens is 292 g/mol. The molecule has 5 heteroatoms. The van der Waals surface area contributed by atoms with E-state index in [9.17, 15) is 9.59 Å². The molecule has 2 aromatic rings.